The predicted octanol–water partition coefficient (Wildman–Crippen LogP) is 4.12. The van der Waals surface area contributed by atoms with E-state index in [9.17, 15) is 4.79 Å². The Morgan fingerprint density at radius 3 is 2.64 bits per heavy atom. The molecule has 9 heteroatoms. The fraction of sp³-hybridized carbons (Fsp3) is 0.444. The molecule has 1 aliphatic rings. The zero-order valence-electron chi connectivity index (χ0n) is 21.2. The van der Waals surface area contributed by atoms with Crippen molar-refractivity contribution in [3.63, 3.8) is 0 Å². The molecule has 1 unspecified atom stereocenters. The number of ether oxygens (including phenoxy) is 3. The highest BCUT2D eigenvalue weighted by atomic mass is 16.5. The zero-order chi connectivity index (χ0) is 25.3. The summed E-state index contributed by atoms with van der Waals surface area (Å²) >= 11 is 0. The van der Waals surface area contributed by atoms with E-state index in [0.29, 0.717) is 44.6 Å². The van der Waals surface area contributed by atoms with Gasteiger partial charge in [-0.1, -0.05) is 11.2 Å². The number of carbonyl (C=O) groups is 1. The average molecular weight is 495 g/mol. The number of nitrogens with one attached hydrogen (secondary N) is 1. The molecule has 1 aromatic heterocycles. The molecule has 0 aliphatic carbocycles. The molecule has 1 fully saturated rings. The fourth-order valence-electron chi connectivity index (χ4n) is 4.29. The van der Waals surface area contributed by atoms with Crippen LogP contribution in [0.1, 0.15) is 32.3 Å². The van der Waals surface area contributed by atoms with Gasteiger partial charge in [0.05, 0.1) is 26.2 Å². The molecule has 0 radical (unpaired) electrons. The summed E-state index contributed by atoms with van der Waals surface area (Å²) in [7, 11) is 1.63. The Bertz CT molecular complexity index is 1130. The third-order valence-corrected chi connectivity index (χ3v) is 6.15. The molecule has 2 heterocycles. The van der Waals surface area contributed by atoms with Gasteiger partial charge in [0.15, 0.2) is 11.5 Å². The Labute approximate surface area is 211 Å². The average Bonchev–Trinajstić information content (AvgIpc) is 3.41. The van der Waals surface area contributed by atoms with E-state index in [1.165, 1.54) is 0 Å². The number of hydrogen-bond donors (Lipinski definition) is 1. The summed E-state index contributed by atoms with van der Waals surface area (Å²) in [6, 6.07) is 13.9. The summed E-state index contributed by atoms with van der Waals surface area (Å²) in [6.45, 7) is 6.93. The molecule has 36 heavy (non-hydrogen) atoms. The predicted molar refractivity (Wildman–Crippen MR) is 137 cm³/mol. The van der Waals surface area contributed by atoms with E-state index in [4.69, 9.17) is 18.7 Å². The quantitative estimate of drug-likeness (QED) is 0.425. The maximum Gasteiger partial charge on any atom is 0.324 e. The van der Waals surface area contributed by atoms with Crippen molar-refractivity contribution in [2.45, 2.75) is 33.1 Å². The van der Waals surface area contributed by atoms with Crippen LogP contribution in [0, 0.1) is 5.92 Å². The highest BCUT2D eigenvalue weighted by Crippen LogP contribution is 2.29. The Morgan fingerprint density at radius 1 is 1.11 bits per heavy atom. The lowest BCUT2D eigenvalue weighted by atomic mass is 9.97. The number of aromatic nitrogens is 2. The minimum atomic E-state index is -0.130. The summed E-state index contributed by atoms with van der Waals surface area (Å²) in [5, 5.41) is 7.21. The minimum Gasteiger partial charge on any atom is -0.497 e. The molecule has 0 spiro atoms. The molecule has 0 bridgehead atoms. The number of anilines is 1. The molecule has 1 N–H and O–H groups in total. The van der Waals surface area contributed by atoms with Crippen molar-refractivity contribution in [1.29, 1.82) is 0 Å². The van der Waals surface area contributed by atoms with E-state index in [0.717, 1.165) is 47.8 Å². The molecule has 1 atom stereocenters. The maximum atomic E-state index is 12.9. The Kier molecular flexibility index (Phi) is 8.65. The standard InChI is InChI=1S/C27H34N4O5/c1-4-34-23-13-8-19(17-24(23)35-5-2)14-15-28-26(32)21-7-6-16-31(18-21)27-29-25(30-36-27)20-9-11-22(33-3)12-10-20/h8-13,17,21H,4-7,14-16,18H2,1-3H3,(H,28,32). The summed E-state index contributed by atoms with van der Waals surface area (Å²) in [6.07, 6.45) is 2.43. The second-order valence-electron chi connectivity index (χ2n) is 8.60. The molecule has 1 saturated heterocycles. The van der Waals surface area contributed by atoms with Gasteiger partial charge in [0.2, 0.25) is 11.7 Å². The topological polar surface area (TPSA) is 99.0 Å². The number of benzene rings is 2. The number of hydrogen-bond acceptors (Lipinski definition) is 8. The number of carbonyl (C=O) groups excluding carboxylic acids is 1. The van der Waals surface area contributed by atoms with Crippen LogP contribution in [0.15, 0.2) is 47.0 Å². The largest absolute Gasteiger partial charge is 0.497 e. The van der Waals surface area contributed by atoms with Crippen LogP contribution in [0.5, 0.6) is 17.2 Å². The number of piperidine rings is 1. The summed E-state index contributed by atoms with van der Waals surface area (Å²) < 4.78 is 22.1. The molecule has 3 aromatic rings. The number of rotatable bonds is 11. The summed E-state index contributed by atoms with van der Waals surface area (Å²) in [5.74, 6) is 2.68. The van der Waals surface area contributed by atoms with Crippen LogP contribution in [0.3, 0.4) is 0 Å². The highest BCUT2D eigenvalue weighted by Gasteiger charge is 2.28. The molecule has 4 rings (SSSR count). The van der Waals surface area contributed by atoms with Crippen molar-refractivity contribution in [3.8, 4) is 28.6 Å². The maximum absolute atomic E-state index is 12.9. The van der Waals surface area contributed by atoms with Crippen LogP contribution in [0.4, 0.5) is 6.01 Å². The molecule has 1 aliphatic heterocycles. The molecule has 9 nitrogen and oxygen atoms in total. The van der Waals surface area contributed by atoms with Gasteiger partial charge in [-0.05, 0) is 75.1 Å². The van der Waals surface area contributed by atoms with Gasteiger partial charge in [-0.25, -0.2) is 0 Å². The van der Waals surface area contributed by atoms with Gasteiger partial charge in [0, 0.05) is 25.2 Å². The van der Waals surface area contributed by atoms with Crippen LogP contribution >= 0.6 is 0 Å². The van der Waals surface area contributed by atoms with Crippen LogP contribution in [0.2, 0.25) is 0 Å². The van der Waals surface area contributed by atoms with Gasteiger partial charge in [-0.15, -0.1) is 0 Å². The van der Waals surface area contributed by atoms with Gasteiger partial charge >= 0.3 is 6.01 Å². The highest BCUT2D eigenvalue weighted by molar-refractivity contribution is 5.79. The Balaban J connectivity index is 1.30. The lowest BCUT2D eigenvalue weighted by Crippen LogP contribution is -2.43. The van der Waals surface area contributed by atoms with Gasteiger partial charge < -0.3 is 29.0 Å². The van der Waals surface area contributed by atoms with E-state index >= 15 is 0 Å². The van der Waals surface area contributed by atoms with E-state index in [2.05, 4.69) is 15.5 Å². The smallest absolute Gasteiger partial charge is 0.324 e. The van der Waals surface area contributed by atoms with Crippen molar-refractivity contribution in [2.24, 2.45) is 5.92 Å². The molecule has 0 saturated carbocycles. The first-order valence-electron chi connectivity index (χ1n) is 12.5. The van der Waals surface area contributed by atoms with E-state index in [-0.39, 0.29) is 11.8 Å². The summed E-state index contributed by atoms with van der Waals surface area (Å²) in [5.41, 5.74) is 1.93. The number of methoxy groups -OCH3 is 1. The lowest BCUT2D eigenvalue weighted by molar-refractivity contribution is -0.125. The molecule has 192 valence electrons. The first kappa shape index (κ1) is 25.3. The van der Waals surface area contributed by atoms with E-state index < -0.39 is 0 Å². The van der Waals surface area contributed by atoms with Crippen LogP contribution in [-0.4, -0.2) is 56.0 Å². The zero-order valence-corrected chi connectivity index (χ0v) is 21.2. The second kappa shape index (κ2) is 12.3. The van der Waals surface area contributed by atoms with Crippen LogP contribution in [0.25, 0.3) is 11.4 Å². The molecule has 1 amide bonds. The Morgan fingerprint density at radius 2 is 1.89 bits per heavy atom. The van der Waals surface area contributed by atoms with Crippen molar-refractivity contribution < 1.29 is 23.5 Å². The van der Waals surface area contributed by atoms with Gasteiger partial charge in [0.1, 0.15) is 5.75 Å². The third-order valence-electron chi connectivity index (χ3n) is 6.15. The van der Waals surface area contributed by atoms with Gasteiger partial charge in [-0.3, -0.25) is 4.79 Å². The summed E-state index contributed by atoms with van der Waals surface area (Å²) in [4.78, 5) is 19.4. The van der Waals surface area contributed by atoms with Gasteiger partial charge in [0.25, 0.3) is 0 Å². The minimum absolute atomic E-state index is 0.0468. The van der Waals surface area contributed by atoms with Crippen LogP contribution in [-0.2, 0) is 11.2 Å². The van der Waals surface area contributed by atoms with Crippen molar-refractivity contribution >= 4 is 11.9 Å². The van der Waals surface area contributed by atoms with E-state index in [1.54, 1.807) is 7.11 Å². The van der Waals surface area contributed by atoms with Crippen molar-refractivity contribution in [3.05, 3.63) is 48.0 Å². The first-order chi connectivity index (χ1) is 17.6. The van der Waals surface area contributed by atoms with Crippen molar-refractivity contribution in [1.82, 2.24) is 15.5 Å². The number of amides is 1. The Hall–Kier alpha value is -3.75. The fourth-order valence-corrected chi connectivity index (χ4v) is 4.29. The molecular formula is C27H34N4O5. The third kappa shape index (κ3) is 6.27. The van der Waals surface area contributed by atoms with Gasteiger partial charge in [-0.2, -0.15) is 4.98 Å². The normalized spacial score (nSPS) is 15.4. The second-order valence-corrected chi connectivity index (χ2v) is 8.60. The van der Waals surface area contributed by atoms with Crippen molar-refractivity contribution in [2.75, 3.05) is 44.9 Å². The monoisotopic (exact) mass is 494 g/mol. The first-order valence-corrected chi connectivity index (χ1v) is 12.5. The molecular weight excluding hydrogens is 460 g/mol. The number of nitrogens with zero attached hydrogens (tertiary/aromatic N) is 3. The molecule has 2 aromatic carbocycles. The van der Waals surface area contributed by atoms with Crippen LogP contribution < -0.4 is 24.4 Å². The lowest BCUT2D eigenvalue weighted by Gasteiger charge is -2.30. The SMILES string of the molecule is CCOc1ccc(CCNC(=O)C2CCCN(c3nc(-c4ccc(OC)cc4)no3)C2)cc1OCC. The van der Waals surface area contributed by atoms with E-state index in [1.807, 2.05) is 61.2 Å².